The average molecular weight is 221 g/mol. The molecule has 0 aliphatic rings. The number of nitrogens with one attached hydrogen (secondary N) is 1. The van der Waals surface area contributed by atoms with Crippen LogP contribution in [0.4, 0.5) is 0 Å². The molecule has 2 nitrogen and oxygen atoms in total. The third-order valence-electron chi connectivity index (χ3n) is 1.85. The zero-order valence-corrected chi connectivity index (χ0v) is 9.59. The van der Waals surface area contributed by atoms with E-state index >= 15 is 0 Å². The molecule has 1 aromatic carbocycles. The molecule has 0 radical (unpaired) electrons. The summed E-state index contributed by atoms with van der Waals surface area (Å²) in [7, 11) is 0. The second kappa shape index (κ2) is 6.30. The maximum atomic E-state index is 11.5. The van der Waals surface area contributed by atoms with Crippen LogP contribution in [0.25, 0.3) is 0 Å². The largest absolute Gasteiger partial charge is 0.352 e. The SMILES string of the molecule is C=CCNC(=O)C(C)Sc1ccccc1. The summed E-state index contributed by atoms with van der Waals surface area (Å²) in [6.45, 7) is 5.98. The summed E-state index contributed by atoms with van der Waals surface area (Å²) in [5.74, 6) is 0.0451. The van der Waals surface area contributed by atoms with Crippen LogP contribution in [-0.2, 0) is 4.79 Å². The van der Waals surface area contributed by atoms with Gasteiger partial charge in [0.1, 0.15) is 0 Å². The van der Waals surface area contributed by atoms with Gasteiger partial charge in [-0.05, 0) is 19.1 Å². The van der Waals surface area contributed by atoms with Gasteiger partial charge in [0, 0.05) is 11.4 Å². The molecule has 0 bridgehead atoms. The van der Waals surface area contributed by atoms with Crippen LogP contribution in [0.5, 0.6) is 0 Å². The van der Waals surface area contributed by atoms with Gasteiger partial charge in [0.2, 0.25) is 5.91 Å². The second-order valence-corrected chi connectivity index (χ2v) is 4.52. The Bertz CT molecular complexity index is 324. The van der Waals surface area contributed by atoms with Crippen LogP contribution < -0.4 is 5.32 Å². The molecule has 0 heterocycles. The molecule has 1 unspecified atom stereocenters. The van der Waals surface area contributed by atoms with Gasteiger partial charge in [-0.3, -0.25) is 4.79 Å². The molecule has 3 heteroatoms. The topological polar surface area (TPSA) is 29.1 Å². The van der Waals surface area contributed by atoms with Crippen LogP contribution in [0.15, 0.2) is 47.9 Å². The Labute approximate surface area is 94.8 Å². The zero-order valence-electron chi connectivity index (χ0n) is 8.77. The number of amides is 1. The highest BCUT2D eigenvalue weighted by molar-refractivity contribution is 8.00. The first-order valence-corrected chi connectivity index (χ1v) is 5.72. The predicted octanol–water partition coefficient (Wildman–Crippen LogP) is 2.47. The zero-order chi connectivity index (χ0) is 11.1. The Kier molecular flexibility index (Phi) is 4.98. The summed E-state index contributed by atoms with van der Waals surface area (Å²) >= 11 is 1.56. The van der Waals surface area contributed by atoms with Crippen LogP contribution in [0.1, 0.15) is 6.92 Å². The first kappa shape index (κ1) is 11.9. The van der Waals surface area contributed by atoms with E-state index in [4.69, 9.17) is 0 Å². The lowest BCUT2D eigenvalue weighted by Gasteiger charge is -2.10. The fourth-order valence-electron chi connectivity index (χ4n) is 1.07. The first-order chi connectivity index (χ1) is 7.24. The van der Waals surface area contributed by atoms with Gasteiger partial charge in [0.25, 0.3) is 0 Å². The lowest BCUT2D eigenvalue weighted by atomic mass is 10.4. The van der Waals surface area contributed by atoms with E-state index in [0.717, 1.165) is 4.90 Å². The minimum Gasteiger partial charge on any atom is -0.352 e. The predicted molar refractivity (Wildman–Crippen MR) is 65.0 cm³/mol. The van der Waals surface area contributed by atoms with Gasteiger partial charge in [-0.15, -0.1) is 18.3 Å². The smallest absolute Gasteiger partial charge is 0.233 e. The van der Waals surface area contributed by atoms with Crippen molar-refractivity contribution >= 4 is 17.7 Å². The minimum absolute atomic E-state index is 0.0451. The third-order valence-corrected chi connectivity index (χ3v) is 2.96. The summed E-state index contributed by atoms with van der Waals surface area (Å²) < 4.78 is 0. The van der Waals surface area contributed by atoms with Crippen molar-refractivity contribution in [2.45, 2.75) is 17.1 Å². The first-order valence-electron chi connectivity index (χ1n) is 4.84. The lowest BCUT2D eigenvalue weighted by Crippen LogP contribution is -2.30. The number of rotatable bonds is 5. The van der Waals surface area contributed by atoms with Gasteiger partial charge in [0.05, 0.1) is 5.25 Å². The fraction of sp³-hybridized carbons (Fsp3) is 0.250. The van der Waals surface area contributed by atoms with Crippen LogP contribution in [0.2, 0.25) is 0 Å². The lowest BCUT2D eigenvalue weighted by molar-refractivity contribution is -0.120. The van der Waals surface area contributed by atoms with Crippen molar-refractivity contribution in [1.29, 1.82) is 0 Å². The van der Waals surface area contributed by atoms with Crippen molar-refractivity contribution in [2.75, 3.05) is 6.54 Å². The minimum atomic E-state index is -0.0765. The average Bonchev–Trinajstić information content (AvgIpc) is 2.27. The summed E-state index contributed by atoms with van der Waals surface area (Å²) in [6, 6.07) is 9.91. The number of benzene rings is 1. The van der Waals surface area contributed by atoms with Gasteiger partial charge in [0.15, 0.2) is 0 Å². The summed E-state index contributed by atoms with van der Waals surface area (Å²) in [5.41, 5.74) is 0. The van der Waals surface area contributed by atoms with Crippen molar-refractivity contribution in [2.24, 2.45) is 0 Å². The molecule has 0 spiro atoms. The number of carbonyl (C=O) groups is 1. The number of hydrogen-bond donors (Lipinski definition) is 1. The van der Waals surface area contributed by atoms with Gasteiger partial charge in [-0.1, -0.05) is 24.3 Å². The van der Waals surface area contributed by atoms with Crippen LogP contribution >= 0.6 is 11.8 Å². The normalized spacial score (nSPS) is 11.8. The number of carbonyl (C=O) groups excluding carboxylic acids is 1. The van der Waals surface area contributed by atoms with Gasteiger partial charge in [-0.25, -0.2) is 0 Å². The molecule has 0 saturated heterocycles. The van der Waals surface area contributed by atoms with Crippen LogP contribution in [-0.4, -0.2) is 17.7 Å². The molecule has 1 rings (SSSR count). The Hall–Kier alpha value is -1.22. The molecule has 1 atom stereocenters. The van der Waals surface area contributed by atoms with Crippen molar-refractivity contribution in [1.82, 2.24) is 5.32 Å². The molecule has 15 heavy (non-hydrogen) atoms. The van der Waals surface area contributed by atoms with E-state index in [9.17, 15) is 4.79 Å². The van der Waals surface area contributed by atoms with Gasteiger partial charge < -0.3 is 5.32 Å². The second-order valence-electron chi connectivity index (χ2n) is 3.11. The van der Waals surface area contributed by atoms with Crippen molar-refractivity contribution in [3.63, 3.8) is 0 Å². The van der Waals surface area contributed by atoms with E-state index in [2.05, 4.69) is 11.9 Å². The Balaban J connectivity index is 2.45. The number of hydrogen-bond acceptors (Lipinski definition) is 2. The van der Waals surface area contributed by atoms with Crippen molar-refractivity contribution in [3.8, 4) is 0 Å². The fourth-order valence-corrected chi connectivity index (χ4v) is 1.99. The molecular weight excluding hydrogens is 206 g/mol. The van der Waals surface area contributed by atoms with E-state index in [-0.39, 0.29) is 11.2 Å². The summed E-state index contributed by atoms with van der Waals surface area (Å²) in [5, 5.41) is 2.70. The molecule has 0 aromatic heterocycles. The maximum Gasteiger partial charge on any atom is 0.233 e. The van der Waals surface area contributed by atoms with E-state index in [1.165, 1.54) is 0 Å². The monoisotopic (exact) mass is 221 g/mol. The quantitative estimate of drug-likeness (QED) is 0.611. The van der Waals surface area contributed by atoms with Gasteiger partial charge in [-0.2, -0.15) is 0 Å². The molecule has 80 valence electrons. The van der Waals surface area contributed by atoms with E-state index < -0.39 is 0 Å². The number of thioether (sulfide) groups is 1. The summed E-state index contributed by atoms with van der Waals surface area (Å²) in [4.78, 5) is 12.6. The molecule has 1 aromatic rings. The van der Waals surface area contributed by atoms with E-state index in [1.54, 1.807) is 17.8 Å². The maximum absolute atomic E-state index is 11.5. The van der Waals surface area contributed by atoms with E-state index in [1.807, 2.05) is 37.3 Å². The highest BCUT2D eigenvalue weighted by atomic mass is 32.2. The molecule has 0 fully saturated rings. The molecule has 0 aliphatic heterocycles. The van der Waals surface area contributed by atoms with Gasteiger partial charge >= 0.3 is 0 Å². The highest BCUT2D eigenvalue weighted by Crippen LogP contribution is 2.22. The van der Waals surface area contributed by atoms with Crippen molar-refractivity contribution in [3.05, 3.63) is 43.0 Å². The molecule has 0 aliphatic carbocycles. The molecular formula is C12H15NOS. The van der Waals surface area contributed by atoms with E-state index in [0.29, 0.717) is 6.54 Å². The third kappa shape index (κ3) is 4.21. The Morgan fingerprint density at radius 2 is 2.20 bits per heavy atom. The van der Waals surface area contributed by atoms with Crippen LogP contribution in [0.3, 0.4) is 0 Å². The summed E-state index contributed by atoms with van der Waals surface area (Å²) in [6.07, 6.45) is 1.68. The molecule has 1 N–H and O–H groups in total. The highest BCUT2D eigenvalue weighted by Gasteiger charge is 2.12. The Morgan fingerprint density at radius 1 is 1.53 bits per heavy atom. The standard InChI is InChI=1S/C12H15NOS/c1-3-9-13-12(14)10(2)15-11-7-5-4-6-8-11/h3-8,10H,1,9H2,2H3,(H,13,14). The molecule has 0 saturated carbocycles. The van der Waals surface area contributed by atoms with Crippen molar-refractivity contribution < 1.29 is 4.79 Å². The van der Waals surface area contributed by atoms with Crippen LogP contribution in [0, 0.1) is 0 Å². The Morgan fingerprint density at radius 3 is 2.80 bits per heavy atom. The molecule has 1 amide bonds.